The van der Waals surface area contributed by atoms with Gasteiger partial charge in [-0.2, -0.15) is 39.5 Å². The van der Waals surface area contributed by atoms with Gasteiger partial charge in [0.2, 0.25) is 17.1 Å². The SMILES string of the molecule is COC(=O)C1(c2ccc(-c3ccc(-c4oc5nc(C(F)(F)F)ccc5c4NC(=O)O[C@H](C)c4ccccc4)cc3)cc2)CC1.C[C@@H](OC(=O)Nc1c(-c2ccc(-c3ccc(C4(C(=O)O)CC4)cc3)cc2)oc2nc(C(F)(F)F)ccc12)c1ccccc1.C[C@@H](OC(=O)Nc1c(-c2ccc(-c3ccc(C4(C(=O)[O-])CC4)cc3)cc2)oc2nc(C(F)(F)F)ccc12)c1ccccc1.[Li+].[Na+].[Na+].[OH-].[OH-]. The number of carbonyl (C=O) groups is 6. The average molecular weight is 1860 g/mol. The molecular formula is C100H78F9LiN6Na2O17. The van der Waals surface area contributed by atoms with Crippen molar-refractivity contribution >= 4 is 86.5 Å². The number of hydrogen-bond acceptors (Lipinski definition) is 19. The Hall–Kier alpha value is -12.8. The van der Waals surface area contributed by atoms with Crippen molar-refractivity contribution in [1.82, 2.24) is 15.0 Å². The van der Waals surface area contributed by atoms with Gasteiger partial charge in [-0.25, -0.2) is 29.3 Å². The Bertz CT molecular complexity index is 6500. The summed E-state index contributed by atoms with van der Waals surface area (Å²) in [6.45, 7) is 5.12. The van der Waals surface area contributed by atoms with Gasteiger partial charge in [0.05, 0.1) is 40.1 Å². The number of hydrogen-bond donors (Lipinski definition) is 4. The standard InChI is InChI=1S/C34H27F3N2O5.2C33H25F3N2O5.Li.2Na.2H2O/c1-20(21-6-4-3-5-7-21)43-32(41)39-28-26-16-17-27(34(35,36)37)38-30(26)44-29(28)24-10-8-22(9-11-24)23-12-14-25(15-13-23)33(18-19-33)31(40)42-2;2*1-19(20-5-3-2-4-6-20)42-31(41)38-27-25-15-16-26(33(34,35)36)37-29(25)43-28(27)23-9-7-21(8-10-23)22-11-13-24(14-12-22)32(17-18-32)30(39)40;;;;;/h3-17,20H,18-19H2,1-2H3,(H,39,41);2*2-16,19H,17-18H2,1H3,(H,38,41)(H,39,40);;;;2*1H2/q;;;3*+1;;/p-3/t20-;2*19-;;;;;/m111...../s1. The third-order valence-electron chi connectivity index (χ3n) is 23.3. The van der Waals surface area contributed by atoms with Crippen LogP contribution in [0.1, 0.15) is 128 Å². The molecule has 15 aromatic rings. The van der Waals surface area contributed by atoms with Gasteiger partial charge in [-0.05, 0) is 162 Å². The van der Waals surface area contributed by atoms with E-state index in [1.165, 1.54) is 25.3 Å². The molecular weight excluding hydrogens is 1780 g/mol. The minimum absolute atomic E-state index is 0. The number of halogens is 9. The zero-order valence-electron chi connectivity index (χ0n) is 73.3. The van der Waals surface area contributed by atoms with Crippen molar-refractivity contribution < 1.29 is 200 Å². The van der Waals surface area contributed by atoms with E-state index in [9.17, 15) is 78.5 Å². The van der Waals surface area contributed by atoms with Gasteiger partial charge in [0, 0.05) is 22.1 Å². The molecule has 676 valence electrons. The number of nitrogens with one attached hydrogen (secondary N) is 3. The molecule has 0 saturated heterocycles. The number of aromatic nitrogens is 3. The number of fused-ring (bicyclic) bond motifs is 3. The molecule has 0 unspecified atom stereocenters. The molecule has 18 rings (SSSR count). The van der Waals surface area contributed by atoms with Crippen LogP contribution in [0.5, 0.6) is 0 Å². The van der Waals surface area contributed by atoms with E-state index in [1.54, 1.807) is 93.6 Å². The van der Waals surface area contributed by atoms with Crippen molar-refractivity contribution in [2.24, 2.45) is 0 Å². The van der Waals surface area contributed by atoms with E-state index in [4.69, 9.17) is 32.2 Å². The fourth-order valence-corrected chi connectivity index (χ4v) is 15.4. The Morgan fingerprint density at radius 3 is 0.807 bits per heavy atom. The van der Waals surface area contributed by atoms with Crippen molar-refractivity contribution in [2.45, 2.75) is 112 Å². The van der Waals surface area contributed by atoms with E-state index in [2.05, 4.69) is 30.9 Å². The zero-order valence-corrected chi connectivity index (χ0v) is 77.3. The molecule has 9 aromatic carbocycles. The molecule has 3 atom stereocenters. The smallest absolute Gasteiger partial charge is 0.870 e. The summed E-state index contributed by atoms with van der Waals surface area (Å²) in [5.74, 6) is -1.78. The summed E-state index contributed by atoms with van der Waals surface area (Å²) < 4.78 is 159. The molecule has 6 N–H and O–H groups in total. The summed E-state index contributed by atoms with van der Waals surface area (Å²) in [6.07, 6.45) is -14.4. The van der Waals surface area contributed by atoms with E-state index >= 15 is 0 Å². The summed E-state index contributed by atoms with van der Waals surface area (Å²) in [6, 6.07) is 76.8. The third-order valence-corrected chi connectivity index (χ3v) is 23.3. The number of nitrogens with zero attached hydrogens (tertiary/aromatic N) is 3. The van der Waals surface area contributed by atoms with Gasteiger partial charge in [-0.3, -0.25) is 25.5 Å². The number of carbonyl (C=O) groups excluding carboxylic acids is 5. The second-order valence-corrected chi connectivity index (χ2v) is 31.6. The van der Waals surface area contributed by atoms with Crippen molar-refractivity contribution in [2.75, 3.05) is 23.1 Å². The number of anilines is 3. The number of alkyl halides is 9. The van der Waals surface area contributed by atoms with Gasteiger partial charge in [0.25, 0.3) is 0 Å². The molecule has 23 nitrogen and oxygen atoms in total. The van der Waals surface area contributed by atoms with Gasteiger partial charge < -0.3 is 58.2 Å². The van der Waals surface area contributed by atoms with Crippen LogP contribution in [-0.4, -0.2) is 74.3 Å². The number of methoxy groups -OCH3 is 1. The number of amides is 3. The minimum atomic E-state index is -4.68. The second-order valence-electron chi connectivity index (χ2n) is 31.6. The van der Waals surface area contributed by atoms with Gasteiger partial charge in [-0.1, -0.05) is 237 Å². The Morgan fingerprint density at radius 1 is 0.356 bits per heavy atom. The summed E-state index contributed by atoms with van der Waals surface area (Å²) in [5, 5.41) is 29.6. The number of esters is 1. The van der Waals surface area contributed by atoms with E-state index in [-0.39, 0.29) is 163 Å². The Morgan fingerprint density at radius 2 is 0.585 bits per heavy atom. The molecule has 0 spiro atoms. The van der Waals surface area contributed by atoms with Crippen LogP contribution in [-0.2, 0) is 68.1 Å². The summed E-state index contributed by atoms with van der Waals surface area (Å²) in [4.78, 5) is 85.2. The first kappa shape index (κ1) is 103. The number of aliphatic carboxylic acids is 2. The Balaban J connectivity index is 0.000000191. The molecule has 0 bridgehead atoms. The predicted molar refractivity (Wildman–Crippen MR) is 466 cm³/mol. The number of benzene rings is 9. The third kappa shape index (κ3) is 22.4. The van der Waals surface area contributed by atoms with Crippen LogP contribution in [0.25, 0.3) is 101 Å². The summed E-state index contributed by atoms with van der Waals surface area (Å²) >= 11 is 0. The molecule has 3 aliphatic carbocycles. The van der Waals surface area contributed by atoms with Gasteiger partial charge in [-0.15, -0.1) is 0 Å². The van der Waals surface area contributed by atoms with Gasteiger partial charge in [0.1, 0.15) is 52.5 Å². The molecule has 0 aliphatic heterocycles. The maximum absolute atomic E-state index is 13.4. The predicted octanol–water partition coefficient (Wildman–Crippen LogP) is 15.2. The summed E-state index contributed by atoms with van der Waals surface area (Å²) in [7, 11) is 1.39. The van der Waals surface area contributed by atoms with Gasteiger partial charge in [0.15, 0.2) is 17.3 Å². The molecule has 3 saturated carbocycles. The number of rotatable bonds is 21. The van der Waals surface area contributed by atoms with Crippen LogP contribution in [0, 0.1) is 0 Å². The van der Waals surface area contributed by atoms with Crippen LogP contribution in [0.2, 0.25) is 0 Å². The number of carboxylic acid groups (broad SMARTS) is 2. The molecule has 3 fully saturated rings. The van der Waals surface area contributed by atoms with E-state index in [1.807, 2.05) is 164 Å². The van der Waals surface area contributed by atoms with Crippen molar-refractivity contribution in [1.29, 1.82) is 0 Å². The number of carboxylic acids is 2. The number of ether oxygens (including phenoxy) is 4. The second kappa shape index (κ2) is 42.0. The maximum Gasteiger partial charge on any atom is 1.00 e. The molecule has 3 amide bonds. The monoisotopic (exact) mass is 1860 g/mol. The topological polar surface area (TPSA) is 357 Å². The quantitative estimate of drug-likeness (QED) is 0.0225. The van der Waals surface area contributed by atoms with Gasteiger partial charge >= 0.3 is 127 Å². The molecule has 3 aliphatic rings. The first-order valence-corrected chi connectivity index (χ1v) is 41.0. The van der Waals surface area contributed by atoms with Crippen molar-refractivity contribution in [3.05, 3.63) is 323 Å². The average Bonchev–Trinajstić information content (AvgIpc) is 1.61. The summed E-state index contributed by atoms with van der Waals surface area (Å²) in [5.41, 5.74) is 5.13. The minimum Gasteiger partial charge on any atom is -0.870 e. The first-order valence-electron chi connectivity index (χ1n) is 41.0. The van der Waals surface area contributed by atoms with E-state index < -0.39 is 100 Å². The van der Waals surface area contributed by atoms with E-state index in [0.29, 0.717) is 47.9 Å². The maximum atomic E-state index is 13.4. The van der Waals surface area contributed by atoms with Crippen LogP contribution in [0.4, 0.5) is 71.0 Å². The van der Waals surface area contributed by atoms with Crippen molar-refractivity contribution in [3.63, 3.8) is 0 Å². The molecule has 135 heavy (non-hydrogen) atoms. The zero-order chi connectivity index (χ0) is 91.8. The Labute approximate surface area is 821 Å². The van der Waals surface area contributed by atoms with Crippen LogP contribution in [0.15, 0.2) is 286 Å². The van der Waals surface area contributed by atoms with Crippen molar-refractivity contribution in [3.8, 4) is 67.4 Å². The van der Waals surface area contributed by atoms with Crippen LogP contribution >= 0.6 is 0 Å². The fraction of sp³-hybridized carbons (Fsp3) is 0.190. The van der Waals surface area contributed by atoms with Crippen LogP contribution < -0.4 is 99.0 Å². The van der Waals surface area contributed by atoms with Crippen LogP contribution in [0.3, 0.4) is 0 Å². The molecule has 6 aromatic heterocycles. The molecule has 6 heterocycles. The first-order chi connectivity index (χ1) is 62.2. The number of furan rings is 3. The fourth-order valence-electron chi connectivity index (χ4n) is 15.4. The molecule has 0 radical (unpaired) electrons. The molecule has 35 heteroatoms. The number of pyridine rings is 3. The van der Waals surface area contributed by atoms with E-state index in [0.717, 1.165) is 92.2 Å². The normalized spacial score (nSPS) is 14.1. The Kier molecular flexibility index (Phi) is 31.9. The largest absolute Gasteiger partial charge is 1.00 e.